The van der Waals surface area contributed by atoms with Crippen LogP contribution in [0.1, 0.15) is 11.4 Å². The van der Waals surface area contributed by atoms with Crippen molar-refractivity contribution in [2.75, 3.05) is 13.7 Å². The number of nitrogens with zero attached hydrogens (tertiary/aromatic N) is 1. The van der Waals surface area contributed by atoms with Gasteiger partial charge in [0, 0.05) is 25.8 Å². The summed E-state index contributed by atoms with van der Waals surface area (Å²) in [6.45, 7) is -0.128. The van der Waals surface area contributed by atoms with Gasteiger partial charge < -0.3 is 9.84 Å². The largest absolute Gasteiger partial charge is 0.394 e. The van der Waals surface area contributed by atoms with E-state index in [9.17, 15) is 9.59 Å². The third-order valence-electron chi connectivity index (χ3n) is 2.15. The fourth-order valence-corrected chi connectivity index (χ4v) is 1.96. The molecule has 0 unspecified atom stereocenters. The summed E-state index contributed by atoms with van der Waals surface area (Å²) < 4.78 is 6.31. The molecule has 1 heterocycles. The van der Waals surface area contributed by atoms with Crippen molar-refractivity contribution in [1.29, 1.82) is 0 Å². The Balaban J connectivity index is 2.84. The molecule has 16 heavy (non-hydrogen) atoms. The number of aromatic amines is 1. The van der Waals surface area contributed by atoms with Gasteiger partial charge in [-0.05, 0) is 0 Å². The summed E-state index contributed by atoms with van der Waals surface area (Å²) in [6, 6.07) is 1.26. The molecule has 2 atom stereocenters. The molecule has 2 N–H and O–H groups in total. The molecule has 1 aromatic rings. The molecule has 1 rings (SSSR count). The summed E-state index contributed by atoms with van der Waals surface area (Å²) in [5.74, 6) is 0. The van der Waals surface area contributed by atoms with E-state index in [1.807, 2.05) is 0 Å². The van der Waals surface area contributed by atoms with Gasteiger partial charge in [-0.15, -0.1) is 0 Å². The number of ether oxygens (including phenoxy) is 1. The molecule has 0 fully saturated rings. The molecule has 0 bridgehead atoms. The van der Waals surface area contributed by atoms with Crippen LogP contribution in [-0.4, -0.2) is 34.5 Å². The van der Waals surface area contributed by atoms with Gasteiger partial charge in [0.05, 0.1) is 17.7 Å². The molecule has 6 nitrogen and oxygen atoms in total. The lowest BCUT2D eigenvalue weighted by molar-refractivity contribution is 0.0398. The van der Waals surface area contributed by atoms with Gasteiger partial charge >= 0.3 is 5.69 Å². The van der Waals surface area contributed by atoms with Crippen molar-refractivity contribution < 1.29 is 9.84 Å². The van der Waals surface area contributed by atoms with E-state index in [4.69, 9.17) is 9.84 Å². The first-order chi connectivity index (χ1) is 7.58. The Morgan fingerprint density at radius 2 is 2.31 bits per heavy atom. The molecule has 7 heteroatoms. The van der Waals surface area contributed by atoms with Crippen molar-refractivity contribution in [3.8, 4) is 0 Å². The van der Waals surface area contributed by atoms with Crippen molar-refractivity contribution in [3.63, 3.8) is 0 Å². The van der Waals surface area contributed by atoms with Crippen LogP contribution in [0.5, 0.6) is 0 Å². The number of aliphatic hydroxyl groups excluding tert-OH is 1. The van der Waals surface area contributed by atoms with Crippen LogP contribution in [0.4, 0.5) is 0 Å². The quantitative estimate of drug-likeness (QED) is 0.738. The monoisotopic (exact) mass is 292 g/mol. The van der Waals surface area contributed by atoms with E-state index in [1.54, 1.807) is 0 Å². The normalized spacial score (nSPS) is 14.7. The molecule has 0 saturated heterocycles. The zero-order valence-corrected chi connectivity index (χ0v) is 10.3. The second-order valence-corrected chi connectivity index (χ2v) is 4.28. The Morgan fingerprint density at radius 1 is 1.62 bits per heavy atom. The highest BCUT2D eigenvalue weighted by Gasteiger charge is 2.15. The van der Waals surface area contributed by atoms with Crippen LogP contribution in [0.25, 0.3) is 0 Å². The summed E-state index contributed by atoms with van der Waals surface area (Å²) >= 11 is 3.29. The van der Waals surface area contributed by atoms with E-state index in [-0.39, 0.29) is 17.7 Å². The maximum absolute atomic E-state index is 11.4. The highest BCUT2D eigenvalue weighted by atomic mass is 79.9. The van der Waals surface area contributed by atoms with Crippen molar-refractivity contribution in [1.82, 2.24) is 9.55 Å². The third kappa shape index (κ3) is 3.29. The van der Waals surface area contributed by atoms with Gasteiger partial charge in [-0.1, -0.05) is 15.9 Å². The Bertz CT molecular complexity index is 438. The molecule has 0 amide bonds. The Labute approximate surface area is 100 Å². The first-order valence-corrected chi connectivity index (χ1v) is 5.59. The number of aliphatic hydroxyl groups is 1. The van der Waals surface area contributed by atoms with E-state index in [2.05, 4.69) is 20.9 Å². The number of nitrogens with one attached hydrogen (secondary N) is 1. The molecule has 0 radical (unpaired) electrons. The summed E-state index contributed by atoms with van der Waals surface area (Å²) in [7, 11) is 1.48. The fraction of sp³-hybridized carbons (Fsp3) is 0.556. The van der Waals surface area contributed by atoms with Crippen LogP contribution < -0.4 is 11.2 Å². The predicted molar refractivity (Wildman–Crippen MR) is 61.8 cm³/mol. The van der Waals surface area contributed by atoms with E-state index in [0.29, 0.717) is 6.42 Å². The highest BCUT2D eigenvalue weighted by molar-refractivity contribution is 9.09. The molecule has 0 aliphatic carbocycles. The average Bonchev–Trinajstić information content (AvgIpc) is 2.25. The topological polar surface area (TPSA) is 84.3 Å². The van der Waals surface area contributed by atoms with E-state index >= 15 is 0 Å². The molecule has 0 spiro atoms. The van der Waals surface area contributed by atoms with E-state index < -0.39 is 11.2 Å². The lowest BCUT2D eigenvalue weighted by Gasteiger charge is -2.17. The minimum atomic E-state index is -0.498. The van der Waals surface area contributed by atoms with Crippen LogP contribution in [0.15, 0.2) is 21.9 Å². The Kier molecular flexibility index (Phi) is 4.91. The van der Waals surface area contributed by atoms with E-state index in [1.165, 1.54) is 23.9 Å². The number of halogens is 1. The molecule has 0 aromatic carbocycles. The van der Waals surface area contributed by atoms with Gasteiger partial charge in [0.15, 0.2) is 0 Å². The molecule has 0 saturated carbocycles. The zero-order valence-electron chi connectivity index (χ0n) is 8.72. The zero-order chi connectivity index (χ0) is 12.1. The molecule has 0 aliphatic heterocycles. The average molecular weight is 293 g/mol. The number of alkyl halides is 1. The van der Waals surface area contributed by atoms with Crippen molar-refractivity contribution in [2.45, 2.75) is 17.5 Å². The van der Waals surface area contributed by atoms with Crippen molar-refractivity contribution in [2.24, 2.45) is 0 Å². The lowest BCUT2D eigenvalue weighted by atomic mass is 10.2. The van der Waals surface area contributed by atoms with Crippen molar-refractivity contribution in [3.05, 3.63) is 33.1 Å². The third-order valence-corrected chi connectivity index (χ3v) is 2.96. The van der Waals surface area contributed by atoms with Crippen LogP contribution >= 0.6 is 15.9 Å². The maximum Gasteiger partial charge on any atom is 0.329 e. The molecule has 1 aromatic heterocycles. The molecule has 90 valence electrons. The van der Waals surface area contributed by atoms with Gasteiger partial charge in [0.2, 0.25) is 0 Å². The number of aromatic nitrogens is 2. The summed E-state index contributed by atoms with van der Waals surface area (Å²) in [6.07, 6.45) is 1.45. The lowest BCUT2D eigenvalue weighted by Crippen LogP contribution is -2.31. The number of rotatable bonds is 5. The molecule has 0 aliphatic rings. The van der Waals surface area contributed by atoms with Crippen LogP contribution in [0, 0.1) is 0 Å². The van der Waals surface area contributed by atoms with Gasteiger partial charge in [0.25, 0.3) is 5.56 Å². The first-order valence-electron chi connectivity index (χ1n) is 4.67. The van der Waals surface area contributed by atoms with Crippen LogP contribution in [-0.2, 0) is 4.74 Å². The summed E-state index contributed by atoms with van der Waals surface area (Å²) in [5, 5.41) is 8.94. The number of methoxy groups -OCH3 is 1. The minimum absolute atomic E-state index is 0.128. The maximum atomic E-state index is 11.4. The van der Waals surface area contributed by atoms with Crippen LogP contribution in [0.3, 0.4) is 0 Å². The van der Waals surface area contributed by atoms with Crippen LogP contribution in [0.2, 0.25) is 0 Å². The fourth-order valence-electron chi connectivity index (χ4n) is 1.22. The molecular formula is C9H13BrN2O4. The SMILES string of the molecule is CO[C@H](CO)C[C@H](Br)n1ccc(=O)[nH]c1=O. The second kappa shape index (κ2) is 5.97. The molecular weight excluding hydrogens is 280 g/mol. The van der Waals surface area contributed by atoms with Gasteiger partial charge in [-0.2, -0.15) is 0 Å². The summed E-state index contributed by atoms with van der Waals surface area (Å²) in [4.78, 5) is 24.1. The Hall–Kier alpha value is -0.920. The van der Waals surface area contributed by atoms with Gasteiger partial charge in [0.1, 0.15) is 0 Å². The predicted octanol–water partition coefficient (Wildman–Crippen LogP) is -0.173. The first kappa shape index (κ1) is 13.1. The smallest absolute Gasteiger partial charge is 0.329 e. The minimum Gasteiger partial charge on any atom is -0.394 e. The number of hydrogen-bond acceptors (Lipinski definition) is 4. The number of H-pyrrole nitrogens is 1. The van der Waals surface area contributed by atoms with Gasteiger partial charge in [-0.3, -0.25) is 14.3 Å². The standard InChI is InChI=1S/C9H13BrN2O4/c1-16-6(5-13)4-7(10)12-3-2-8(14)11-9(12)15/h2-3,6-7,13H,4-5H2,1H3,(H,11,14,15)/t6-,7+/m0/s1. The van der Waals surface area contributed by atoms with Crippen molar-refractivity contribution >= 4 is 15.9 Å². The number of hydrogen-bond donors (Lipinski definition) is 2. The highest BCUT2D eigenvalue weighted by Crippen LogP contribution is 2.19. The second-order valence-electron chi connectivity index (χ2n) is 3.23. The Morgan fingerprint density at radius 3 is 2.81 bits per heavy atom. The van der Waals surface area contributed by atoms with Gasteiger partial charge in [-0.25, -0.2) is 4.79 Å². The van der Waals surface area contributed by atoms with E-state index in [0.717, 1.165) is 0 Å². The summed E-state index contributed by atoms with van der Waals surface area (Å²) in [5.41, 5.74) is -0.937.